The summed E-state index contributed by atoms with van der Waals surface area (Å²) in [5, 5.41) is 23.2. The molecule has 0 aliphatic carbocycles. The summed E-state index contributed by atoms with van der Waals surface area (Å²) in [5.74, 6) is -2.04. The van der Waals surface area contributed by atoms with Crippen LogP contribution in [-0.2, 0) is 16.1 Å². The van der Waals surface area contributed by atoms with Gasteiger partial charge in [-0.05, 0) is 24.6 Å². The summed E-state index contributed by atoms with van der Waals surface area (Å²) in [6.07, 6.45) is 0. The van der Waals surface area contributed by atoms with Gasteiger partial charge in [-0.2, -0.15) is 0 Å². The molecular formula is C14H18N2O5. The maximum absolute atomic E-state index is 11.8. The predicted molar refractivity (Wildman–Crippen MR) is 74.6 cm³/mol. The Balaban J connectivity index is 2.59. The van der Waals surface area contributed by atoms with Gasteiger partial charge in [-0.1, -0.05) is 12.1 Å². The highest BCUT2D eigenvalue weighted by Gasteiger charge is 2.30. The number of aliphatic carboxylic acids is 1. The second-order valence-corrected chi connectivity index (χ2v) is 4.87. The Morgan fingerprint density at radius 1 is 1.14 bits per heavy atom. The summed E-state index contributed by atoms with van der Waals surface area (Å²) >= 11 is 0. The van der Waals surface area contributed by atoms with Crippen molar-refractivity contribution < 1.29 is 24.6 Å². The SMILES string of the molecule is CC(=O)NCc1ccc(C(=O)NCC(C)(O)C(=O)O)cc1. The van der Waals surface area contributed by atoms with Crippen LogP contribution in [0.4, 0.5) is 0 Å². The fourth-order valence-electron chi connectivity index (χ4n) is 1.43. The molecule has 1 aromatic rings. The third kappa shape index (κ3) is 5.23. The molecule has 0 fully saturated rings. The summed E-state index contributed by atoms with van der Waals surface area (Å²) in [6.45, 7) is 2.49. The molecule has 0 saturated carbocycles. The second-order valence-electron chi connectivity index (χ2n) is 4.87. The maximum atomic E-state index is 11.8. The molecule has 0 bridgehead atoms. The third-order valence-corrected chi connectivity index (χ3v) is 2.81. The van der Waals surface area contributed by atoms with E-state index in [1.165, 1.54) is 6.92 Å². The van der Waals surface area contributed by atoms with Gasteiger partial charge in [-0.3, -0.25) is 9.59 Å². The van der Waals surface area contributed by atoms with Crippen LogP contribution >= 0.6 is 0 Å². The van der Waals surface area contributed by atoms with Crippen molar-refractivity contribution in [1.82, 2.24) is 10.6 Å². The molecule has 1 atom stereocenters. The Kier molecular flexibility index (Phi) is 5.43. The molecule has 1 aromatic carbocycles. The number of benzene rings is 1. The fourth-order valence-corrected chi connectivity index (χ4v) is 1.43. The minimum Gasteiger partial charge on any atom is -0.479 e. The molecular weight excluding hydrogens is 276 g/mol. The highest BCUT2D eigenvalue weighted by Crippen LogP contribution is 2.06. The van der Waals surface area contributed by atoms with Crippen molar-refractivity contribution in [3.63, 3.8) is 0 Å². The smallest absolute Gasteiger partial charge is 0.337 e. The van der Waals surface area contributed by atoms with Gasteiger partial charge in [0, 0.05) is 19.0 Å². The first-order chi connectivity index (χ1) is 9.72. The van der Waals surface area contributed by atoms with Gasteiger partial charge in [0.15, 0.2) is 5.60 Å². The molecule has 1 unspecified atom stereocenters. The van der Waals surface area contributed by atoms with Crippen molar-refractivity contribution in [3.8, 4) is 0 Å². The Labute approximate surface area is 122 Å². The van der Waals surface area contributed by atoms with Crippen molar-refractivity contribution in [2.75, 3.05) is 6.54 Å². The van der Waals surface area contributed by atoms with Gasteiger partial charge < -0.3 is 20.8 Å². The van der Waals surface area contributed by atoms with E-state index in [1.807, 2.05) is 0 Å². The minimum absolute atomic E-state index is 0.146. The average molecular weight is 294 g/mol. The highest BCUT2D eigenvalue weighted by atomic mass is 16.4. The fraction of sp³-hybridized carbons (Fsp3) is 0.357. The molecule has 7 heteroatoms. The van der Waals surface area contributed by atoms with E-state index in [1.54, 1.807) is 24.3 Å². The van der Waals surface area contributed by atoms with Gasteiger partial charge in [0.25, 0.3) is 5.91 Å². The van der Waals surface area contributed by atoms with Gasteiger partial charge >= 0.3 is 5.97 Å². The maximum Gasteiger partial charge on any atom is 0.337 e. The molecule has 4 N–H and O–H groups in total. The van der Waals surface area contributed by atoms with Crippen LogP contribution in [0.15, 0.2) is 24.3 Å². The first kappa shape index (κ1) is 16.6. The van der Waals surface area contributed by atoms with Gasteiger partial charge in [0.2, 0.25) is 5.91 Å². The summed E-state index contributed by atoms with van der Waals surface area (Å²) in [7, 11) is 0. The number of carboxylic acids is 1. The molecule has 114 valence electrons. The number of rotatable bonds is 6. The number of amides is 2. The Morgan fingerprint density at radius 3 is 2.19 bits per heavy atom. The minimum atomic E-state index is -2.01. The topological polar surface area (TPSA) is 116 Å². The molecule has 0 aliphatic rings. The van der Waals surface area contributed by atoms with Crippen molar-refractivity contribution >= 4 is 17.8 Å². The van der Waals surface area contributed by atoms with E-state index in [0.29, 0.717) is 12.1 Å². The number of nitrogens with one attached hydrogen (secondary N) is 2. The molecule has 0 saturated heterocycles. The van der Waals surface area contributed by atoms with Crippen LogP contribution in [-0.4, -0.2) is 40.1 Å². The van der Waals surface area contributed by atoms with Crippen LogP contribution in [0.1, 0.15) is 29.8 Å². The monoisotopic (exact) mass is 294 g/mol. The number of carbonyl (C=O) groups excluding carboxylic acids is 2. The molecule has 7 nitrogen and oxygen atoms in total. The predicted octanol–water partition coefficient (Wildman–Crippen LogP) is -0.112. The molecule has 0 spiro atoms. The zero-order chi connectivity index (χ0) is 16.0. The molecule has 0 aliphatic heterocycles. The lowest BCUT2D eigenvalue weighted by molar-refractivity contribution is -0.155. The van der Waals surface area contributed by atoms with E-state index < -0.39 is 24.0 Å². The van der Waals surface area contributed by atoms with E-state index in [2.05, 4.69) is 10.6 Å². The second kappa shape index (κ2) is 6.85. The lowest BCUT2D eigenvalue weighted by atomic mass is 10.1. The van der Waals surface area contributed by atoms with Crippen molar-refractivity contribution in [1.29, 1.82) is 0 Å². The molecule has 21 heavy (non-hydrogen) atoms. The molecule has 1 rings (SSSR count). The highest BCUT2D eigenvalue weighted by molar-refractivity contribution is 5.94. The quantitative estimate of drug-likeness (QED) is 0.584. The van der Waals surface area contributed by atoms with Crippen LogP contribution in [0.25, 0.3) is 0 Å². The summed E-state index contributed by atoms with van der Waals surface area (Å²) in [4.78, 5) is 33.3. The van der Waals surface area contributed by atoms with Crippen molar-refractivity contribution in [3.05, 3.63) is 35.4 Å². The standard InChI is InChI=1S/C14H18N2O5/c1-9(17)15-7-10-3-5-11(6-4-10)12(18)16-8-14(2,21)13(19)20/h3-6,21H,7-8H2,1-2H3,(H,15,17)(H,16,18)(H,19,20). The van der Waals surface area contributed by atoms with Gasteiger partial charge in [-0.15, -0.1) is 0 Å². The normalized spacial score (nSPS) is 13.1. The summed E-state index contributed by atoms with van der Waals surface area (Å²) < 4.78 is 0. The number of carboxylic acid groups (broad SMARTS) is 1. The van der Waals surface area contributed by atoms with Crippen molar-refractivity contribution in [2.24, 2.45) is 0 Å². The third-order valence-electron chi connectivity index (χ3n) is 2.81. The van der Waals surface area contributed by atoms with Gasteiger partial charge in [-0.25, -0.2) is 4.79 Å². The Bertz CT molecular complexity index is 537. The average Bonchev–Trinajstić information content (AvgIpc) is 2.43. The Hall–Kier alpha value is -2.41. The van der Waals surface area contributed by atoms with E-state index >= 15 is 0 Å². The van der Waals surface area contributed by atoms with Crippen LogP contribution in [0.3, 0.4) is 0 Å². The molecule has 0 heterocycles. The molecule has 0 aromatic heterocycles. The van der Waals surface area contributed by atoms with E-state index in [-0.39, 0.29) is 5.91 Å². The number of hydrogen-bond donors (Lipinski definition) is 4. The number of aliphatic hydroxyl groups is 1. The van der Waals surface area contributed by atoms with Crippen LogP contribution in [0.5, 0.6) is 0 Å². The van der Waals surface area contributed by atoms with E-state index in [4.69, 9.17) is 5.11 Å². The molecule has 2 amide bonds. The van der Waals surface area contributed by atoms with E-state index in [0.717, 1.165) is 12.5 Å². The Morgan fingerprint density at radius 2 is 1.71 bits per heavy atom. The largest absolute Gasteiger partial charge is 0.479 e. The lowest BCUT2D eigenvalue weighted by Crippen LogP contribution is -2.46. The lowest BCUT2D eigenvalue weighted by Gasteiger charge is -2.18. The number of hydrogen-bond acceptors (Lipinski definition) is 4. The van der Waals surface area contributed by atoms with Crippen LogP contribution < -0.4 is 10.6 Å². The first-order valence-electron chi connectivity index (χ1n) is 6.30. The van der Waals surface area contributed by atoms with E-state index in [9.17, 15) is 19.5 Å². The van der Waals surface area contributed by atoms with Crippen LogP contribution in [0, 0.1) is 0 Å². The van der Waals surface area contributed by atoms with Crippen LogP contribution in [0.2, 0.25) is 0 Å². The zero-order valence-electron chi connectivity index (χ0n) is 11.8. The zero-order valence-corrected chi connectivity index (χ0v) is 11.8. The number of carbonyl (C=O) groups is 3. The van der Waals surface area contributed by atoms with Gasteiger partial charge in [0.05, 0.1) is 6.54 Å². The summed E-state index contributed by atoms with van der Waals surface area (Å²) in [5.41, 5.74) is -0.844. The first-order valence-corrected chi connectivity index (χ1v) is 6.30. The van der Waals surface area contributed by atoms with Gasteiger partial charge in [0.1, 0.15) is 0 Å². The van der Waals surface area contributed by atoms with Crippen molar-refractivity contribution in [2.45, 2.75) is 26.0 Å². The molecule has 0 radical (unpaired) electrons. The summed E-state index contributed by atoms with van der Waals surface area (Å²) in [6, 6.07) is 6.48.